The third-order valence-corrected chi connectivity index (χ3v) is 4.88. The summed E-state index contributed by atoms with van der Waals surface area (Å²) in [5.74, 6) is 1.84. The minimum absolute atomic E-state index is 0.104. The smallest absolute Gasteiger partial charge is 0.182 e. The zero-order chi connectivity index (χ0) is 16.8. The van der Waals surface area contributed by atoms with E-state index in [1.54, 1.807) is 18.9 Å². The summed E-state index contributed by atoms with van der Waals surface area (Å²) in [7, 11) is 1.62. The molecule has 2 aromatic carbocycles. The second-order valence-electron chi connectivity index (χ2n) is 5.51. The first-order valence-electron chi connectivity index (χ1n) is 7.89. The van der Waals surface area contributed by atoms with Crippen molar-refractivity contribution in [1.82, 2.24) is 4.90 Å². The SMILES string of the molecule is COc1ccc(C(=O)CN2CCSC2=NCc2ccccc2)cc1. The lowest BCUT2D eigenvalue weighted by Gasteiger charge is -2.17. The number of Topliss-reactive ketones (excluding diaryl/α,β-unsaturated/α-hetero) is 1. The van der Waals surface area contributed by atoms with Crippen molar-refractivity contribution >= 4 is 22.7 Å². The molecule has 0 aromatic heterocycles. The number of rotatable bonds is 6. The molecule has 124 valence electrons. The average molecular weight is 340 g/mol. The number of hydrogen-bond donors (Lipinski definition) is 0. The quantitative estimate of drug-likeness (QED) is 0.755. The first kappa shape index (κ1) is 16.6. The van der Waals surface area contributed by atoms with Crippen molar-refractivity contribution in [2.24, 2.45) is 4.99 Å². The number of nitrogens with zero attached hydrogens (tertiary/aromatic N) is 2. The lowest BCUT2D eigenvalue weighted by molar-refractivity contribution is 0.0966. The molecule has 1 saturated heterocycles. The summed E-state index contributed by atoms with van der Waals surface area (Å²) in [4.78, 5) is 19.2. The Hall–Kier alpha value is -2.27. The van der Waals surface area contributed by atoms with Gasteiger partial charge in [-0.1, -0.05) is 42.1 Å². The molecule has 24 heavy (non-hydrogen) atoms. The van der Waals surface area contributed by atoms with Crippen LogP contribution in [0.15, 0.2) is 59.6 Å². The predicted octanol–water partition coefficient (Wildman–Crippen LogP) is 3.48. The van der Waals surface area contributed by atoms with Gasteiger partial charge in [0.05, 0.1) is 20.2 Å². The summed E-state index contributed by atoms with van der Waals surface area (Å²) >= 11 is 1.72. The number of thioether (sulfide) groups is 1. The summed E-state index contributed by atoms with van der Waals surface area (Å²) in [6, 6.07) is 17.4. The number of carbonyl (C=O) groups is 1. The van der Waals surface area contributed by atoms with Crippen molar-refractivity contribution in [3.05, 3.63) is 65.7 Å². The molecule has 0 bridgehead atoms. The van der Waals surface area contributed by atoms with E-state index in [1.165, 1.54) is 5.56 Å². The van der Waals surface area contributed by atoms with Crippen molar-refractivity contribution in [3.8, 4) is 5.75 Å². The highest BCUT2D eigenvalue weighted by Gasteiger charge is 2.22. The van der Waals surface area contributed by atoms with Crippen molar-refractivity contribution in [2.75, 3.05) is 26.0 Å². The highest BCUT2D eigenvalue weighted by Crippen LogP contribution is 2.20. The molecule has 0 radical (unpaired) electrons. The van der Waals surface area contributed by atoms with Gasteiger partial charge in [-0.05, 0) is 29.8 Å². The predicted molar refractivity (Wildman–Crippen MR) is 98.9 cm³/mol. The monoisotopic (exact) mass is 340 g/mol. The molecule has 1 heterocycles. The van der Waals surface area contributed by atoms with Gasteiger partial charge < -0.3 is 9.64 Å². The van der Waals surface area contributed by atoms with Gasteiger partial charge >= 0.3 is 0 Å². The third kappa shape index (κ3) is 4.17. The molecule has 3 rings (SSSR count). The van der Waals surface area contributed by atoms with Crippen LogP contribution in [0.3, 0.4) is 0 Å². The number of hydrogen-bond acceptors (Lipinski definition) is 4. The Morgan fingerprint density at radius 1 is 1.17 bits per heavy atom. The van der Waals surface area contributed by atoms with Crippen LogP contribution in [0.5, 0.6) is 5.75 Å². The lowest BCUT2D eigenvalue weighted by atomic mass is 10.1. The molecule has 0 unspecified atom stereocenters. The van der Waals surface area contributed by atoms with Crippen molar-refractivity contribution < 1.29 is 9.53 Å². The van der Waals surface area contributed by atoms with E-state index in [2.05, 4.69) is 22.0 Å². The second kappa shape index (κ2) is 8.02. The molecule has 0 aliphatic carbocycles. The fourth-order valence-electron chi connectivity index (χ4n) is 2.51. The third-order valence-electron chi connectivity index (χ3n) is 3.85. The maximum absolute atomic E-state index is 12.5. The van der Waals surface area contributed by atoms with Gasteiger partial charge in [-0.25, -0.2) is 0 Å². The Morgan fingerprint density at radius 2 is 1.92 bits per heavy atom. The molecule has 0 atom stereocenters. The summed E-state index contributed by atoms with van der Waals surface area (Å²) < 4.78 is 5.13. The number of amidine groups is 1. The minimum atomic E-state index is 0.104. The zero-order valence-corrected chi connectivity index (χ0v) is 14.5. The number of ketones is 1. The lowest BCUT2D eigenvalue weighted by Crippen LogP contribution is -2.30. The van der Waals surface area contributed by atoms with Crippen LogP contribution >= 0.6 is 11.8 Å². The normalized spacial score (nSPS) is 15.7. The Balaban J connectivity index is 1.63. The molecular weight excluding hydrogens is 320 g/mol. The number of carbonyl (C=O) groups excluding carboxylic acids is 1. The molecule has 0 N–H and O–H groups in total. The summed E-state index contributed by atoms with van der Waals surface area (Å²) in [6.07, 6.45) is 0. The van der Waals surface area contributed by atoms with E-state index >= 15 is 0 Å². The van der Waals surface area contributed by atoms with E-state index in [-0.39, 0.29) is 5.78 Å². The summed E-state index contributed by atoms with van der Waals surface area (Å²) in [6.45, 7) is 1.88. The first-order chi connectivity index (χ1) is 11.8. The van der Waals surface area contributed by atoms with E-state index in [0.29, 0.717) is 18.7 Å². The summed E-state index contributed by atoms with van der Waals surface area (Å²) in [5, 5.41) is 0.959. The fraction of sp³-hybridized carbons (Fsp3) is 0.263. The van der Waals surface area contributed by atoms with Crippen molar-refractivity contribution in [2.45, 2.75) is 6.54 Å². The Kier molecular flexibility index (Phi) is 5.54. The van der Waals surface area contributed by atoms with E-state index in [4.69, 9.17) is 4.74 Å². The van der Waals surface area contributed by atoms with Gasteiger partial charge in [-0.2, -0.15) is 0 Å². The topological polar surface area (TPSA) is 41.9 Å². The second-order valence-corrected chi connectivity index (χ2v) is 6.57. The maximum Gasteiger partial charge on any atom is 0.182 e. The molecule has 5 heteroatoms. The molecule has 1 aliphatic rings. The first-order valence-corrected chi connectivity index (χ1v) is 8.88. The van der Waals surface area contributed by atoms with Crippen LogP contribution in [0, 0.1) is 0 Å². The van der Waals surface area contributed by atoms with E-state index in [0.717, 1.165) is 23.2 Å². The van der Waals surface area contributed by atoms with Crippen LogP contribution in [0.2, 0.25) is 0 Å². The average Bonchev–Trinajstić information content (AvgIpc) is 3.08. The van der Waals surface area contributed by atoms with Gasteiger partial charge in [0, 0.05) is 17.9 Å². The van der Waals surface area contributed by atoms with Crippen LogP contribution in [0.25, 0.3) is 0 Å². The molecule has 4 nitrogen and oxygen atoms in total. The summed E-state index contributed by atoms with van der Waals surface area (Å²) in [5.41, 5.74) is 1.88. The number of methoxy groups -OCH3 is 1. The Bertz CT molecular complexity index is 714. The molecule has 1 fully saturated rings. The largest absolute Gasteiger partial charge is 0.497 e. The van der Waals surface area contributed by atoms with Gasteiger partial charge in [0.15, 0.2) is 11.0 Å². The van der Waals surface area contributed by atoms with Crippen LogP contribution in [-0.4, -0.2) is 41.8 Å². The molecule has 1 aliphatic heterocycles. The van der Waals surface area contributed by atoms with Gasteiger partial charge in [0.1, 0.15) is 5.75 Å². The van der Waals surface area contributed by atoms with E-state index in [1.807, 2.05) is 42.5 Å². The maximum atomic E-state index is 12.5. The van der Waals surface area contributed by atoms with Gasteiger partial charge in [-0.15, -0.1) is 0 Å². The highest BCUT2D eigenvalue weighted by atomic mass is 32.2. The minimum Gasteiger partial charge on any atom is -0.497 e. The molecular formula is C19H20N2O2S. The van der Waals surface area contributed by atoms with Crippen LogP contribution < -0.4 is 4.74 Å². The standard InChI is InChI=1S/C19H20N2O2S/c1-23-17-9-7-16(8-10-17)18(22)14-21-11-12-24-19(21)20-13-15-5-3-2-4-6-15/h2-10H,11-14H2,1H3. The molecule has 0 amide bonds. The fourth-order valence-corrected chi connectivity index (χ4v) is 3.50. The number of aliphatic imine (C=N–C) groups is 1. The molecule has 2 aromatic rings. The highest BCUT2D eigenvalue weighted by molar-refractivity contribution is 8.14. The van der Waals surface area contributed by atoms with Crippen molar-refractivity contribution in [1.29, 1.82) is 0 Å². The van der Waals surface area contributed by atoms with Crippen molar-refractivity contribution in [3.63, 3.8) is 0 Å². The van der Waals surface area contributed by atoms with Gasteiger partial charge in [0.25, 0.3) is 0 Å². The van der Waals surface area contributed by atoms with Crippen LogP contribution in [-0.2, 0) is 6.54 Å². The number of benzene rings is 2. The molecule has 0 spiro atoms. The zero-order valence-electron chi connectivity index (χ0n) is 13.6. The van der Waals surface area contributed by atoms with Crippen LogP contribution in [0.4, 0.5) is 0 Å². The Labute approximate surface area is 146 Å². The van der Waals surface area contributed by atoms with E-state index < -0.39 is 0 Å². The van der Waals surface area contributed by atoms with Gasteiger partial charge in [0.2, 0.25) is 0 Å². The Morgan fingerprint density at radius 3 is 2.62 bits per heavy atom. The molecule has 0 saturated carbocycles. The van der Waals surface area contributed by atoms with Crippen LogP contribution in [0.1, 0.15) is 15.9 Å². The van der Waals surface area contributed by atoms with Gasteiger partial charge in [-0.3, -0.25) is 9.79 Å². The van der Waals surface area contributed by atoms with E-state index in [9.17, 15) is 4.79 Å². The number of ether oxygens (including phenoxy) is 1.